The molecule has 2 rings (SSSR count). The van der Waals surface area contributed by atoms with E-state index in [2.05, 4.69) is 15.9 Å². The van der Waals surface area contributed by atoms with E-state index in [9.17, 15) is 4.39 Å². The molecule has 1 atom stereocenters. The molecule has 2 aromatic rings. The lowest BCUT2D eigenvalue weighted by molar-refractivity contribution is 0.579. The smallest absolute Gasteiger partial charge is 0.129 e. The molecule has 0 fully saturated rings. The topological polar surface area (TPSA) is 26.0 Å². The van der Waals surface area contributed by atoms with Crippen LogP contribution in [0.3, 0.4) is 0 Å². The van der Waals surface area contributed by atoms with E-state index >= 15 is 0 Å². The molecule has 0 aliphatic carbocycles. The lowest BCUT2D eigenvalue weighted by Crippen LogP contribution is -2.15. The van der Waals surface area contributed by atoms with Crippen LogP contribution in [0, 0.1) is 5.82 Å². The fraction of sp³-hybridized carbons (Fsp3) is 0.143. The highest BCUT2D eigenvalue weighted by molar-refractivity contribution is 9.10. The molecule has 0 amide bonds. The Bertz CT molecular complexity index is 649. The predicted molar refractivity (Wildman–Crippen MR) is 86.2 cm³/mol. The largest absolute Gasteiger partial charge is 0.324 e. The Labute approximate surface area is 140 Å². The number of hydrogen-bond donors (Lipinski definition) is 1. The summed E-state index contributed by atoms with van der Waals surface area (Å²) in [4.78, 5) is 0. The predicted octanol–water partition coefficient (Wildman–Crippen LogP) is 5.79. The van der Waals surface area contributed by atoms with Crippen molar-refractivity contribution in [2.45, 2.75) is 12.5 Å². The van der Waals surface area contributed by atoms with Gasteiger partial charge in [-0.25, -0.2) is 4.39 Å². The fourth-order valence-electron chi connectivity index (χ4n) is 1.85. The standard InChI is InChI=1S/C14H10BrCl3FN/c15-9-6-13(19)8(5-11(9)17)14(20)4-7-1-2-10(16)12(18)3-7/h1-3,5-6,14H,4,20H2. The Morgan fingerprint density at radius 2 is 1.75 bits per heavy atom. The second kappa shape index (κ2) is 6.63. The summed E-state index contributed by atoms with van der Waals surface area (Å²) in [5, 5.41) is 1.35. The van der Waals surface area contributed by atoms with Crippen LogP contribution in [0.1, 0.15) is 17.2 Å². The van der Waals surface area contributed by atoms with Gasteiger partial charge in [-0.1, -0.05) is 40.9 Å². The van der Waals surface area contributed by atoms with Crippen LogP contribution in [0.15, 0.2) is 34.8 Å². The van der Waals surface area contributed by atoms with Gasteiger partial charge in [0.1, 0.15) is 5.82 Å². The van der Waals surface area contributed by atoms with Crippen LogP contribution in [-0.4, -0.2) is 0 Å². The quantitative estimate of drug-likeness (QED) is 0.652. The van der Waals surface area contributed by atoms with E-state index in [1.165, 1.54) is 12.1 Å². The lowest BCUT2D eigenvalue weighted by atomic mass is 9.99. The van der Waals surface area contributed by atoms with Crippen molar-refractivity contribution in [3.63, 3.8) is 0 Å². The van der Waals surface area contributed by atoms with E-state index in [-0.39, 0.29) is 0 Å². The van der Waals surface area contributed by atoms with Gasteiger partial charge in [-0.15, -0.1) is 0 Å². The molecule has 0 aliphatic rings. The lowest BCUT2D eigenvalue weighted by Gasteiger charge is -2.14. The minimum atomic E-state index is -0.516. The van der Waals surface area contributed by atoms with Gasteiger partial charge in [0.2, 0.25) is 0 Å². The summed E-state index contributed by atoms with van der Waals surface area (Å²) < 4.78 is 14.4. The number of halogens is 5. The monoisotopic (exact) mass is 395 g/mol. The van der Waals surface area contributed by atoms with Gasteiger partial charge in [0, 0.05) is 16.1 Å². The van der Waals surface area contributed by atoms with Crippen LogP contribution < -0.4 is 5.73 Å². The average molecular weight is 398 g/mol. The van der Waals surface area contributed by atoms with Crippen LogP contribution in [0.5, 0.6) is 0 Å². The van der Waals surface area contributed by atoms with Crippen LogP contribution >= 0.6 is 50.7 Å². The molecule has 1 nitrogen and oxygen atoms in total. The molecule has 106 valence electrons. The van der Waals surface area contributed by atoms with Gasteiger partial charge >= 0.3 is 0 Å². The van der Waals surface area contributed by atoms with E-state index in [4.69, 9.17) is 40.5 Å². The Kier molecular flexibility index (Phi) is 5.32. The third kappa shape index (κ3) is 3.66. The highest BCUT2D eigenvalue weighted by atomic mass is 79.9. The van der Waals surface area contributed by atoms with Crippen LogP contribution in [0.4, 0.5) is 4.39 Å². The van der Waals surface area contributed by atoms with E-state index in [1.54, 1.807) is 12.1 Å². The van der Waals surface area contributed by atoms with Gasteiger partial charge in [-0.3, -0.25) is 0 Å². The van der Waals surface area contributed by atoms with E-state index in [0.717, 1.165) is 5.56 Å². The highest BCUT2D eigenvalue weighted by Crippen LogP contribution is 2.30. The van der Waals surface area contributed by atoms with Gasteiger partial charge in [0.05, 0.1) is 15.1 Å². The highest BCUT2D eigenvalue weighted by Gasteiger charge is 2.15. The third-order valence-electron chi connectivity index (χ3n) is 2.88. The Balaban J connectivity index is 2.25. The number of nitrogens with two attached hydrogens (primary N) is 1. The number of benzene rings is 2. The van der Waals surface area contributed by atoms with Gasteiger partial charge in [-0.05, 0) is 52.2 Å². The summed E-state index contributed by atoms with van der Waals surface area (Å²) in [6, 6.07) is 7.55. The molecule has 0 saturated carbocycles. The zero-order valence-corrected chi connectivity index (χ0v) is 14.0. The summed E-state index contributed by atoms with van der Waals surface area (Å²) in [6.45, 7) is 0. The molecule has 6 heteroatoms. The first-order chi connectivity index (χ1) is 9.38. The summed E-state index contributed by atoms with van der Waals surface area (Å²) in [6.07, 6.45) is 0.436. The van der Waals surface area contributed by atoms with E-state index in [1.807, 2.05) is 6.07 Å². The van der Waals surface area contributed by atoms with Crippen molar-refractivity contribution >= 4 is 50.7 Å². The normalized spacial score (nSPS) is 12.5. The second-order valence-corrected chi connectivity index (χ2v) is 6.42. The average Bonchev–Trinajstić information content (AvgIpc) is 2.38. The van der Waals surface area contributed by atoms with Gasteiger partial charge in [0.25, 0.3) is 0 Å². The maximum Gasteiger partial charge on any atom is 0.129 e. The molecular weight excluding hydrogens is 387 g/mol. The summed E-state index contributed by atoms with van der Waals surface area (Å²) in [5.74, 6) is -0.395. The van der Waals surface area contributed by atoms with E-state index < -0.39 is 11.9 Å². The molecule has 2 aromatic carbocycles. The zero-order valence-electron chi connectivity index (χ0n) is 10.1. The Morgan fingerprint density at radius 3 is 2.40 bits per heavy atom. The van der Waals surface area contributed by atoms with Gasteiger partial charge in [0.15, 0.2) is 0 Å². The first-order valence-electron chi connectivity index (χ1n) is 5.72. The molecule has 0 bridgehead atoms. The van der Waals surface area contributed by atoms with Gasteiger partial charge in [-0.2, -0.15) is 0 Å². The van der Waals surface area contributed by atoms with Crippen LogP contribution in [0.2, 0.25) is 15.1 Å². The van der Waals surface area contributed by atoms with E-state index in [0.29, 0.717) is 31.5 Å². The molecule has 2 N–H and O–H groups in total. The first-order valence-corrected chi connectivity index (χ1v) is 7.65. The minimum Gasteiger partial charge on any atom is -0.324 e. The molecule has 0 heterocycles. The summed E-state index contributed by atoms with van der Waals surface area (Å²) >= 11 is 20.9. The second-order valence-electron chi connectivity index (χ2n) is 4.35. The molecular formula is C14H10BrCl3FN. The van der Waals surface area contributed by atoms with Crippen LogP contribution in [0.25, 0.3) is 0 Å². The van der Waals surface area contributed by atoms with Crippen molar-refractivity contribution in [3.8, 4) is 0 Å². The Hall–Kier alpha value is -0.320. The maximum atomic E-state index is 13.9. The number of rotatable bonds is 3. The summed E-state index contributed by atoms with van der Waals surface area (Å²) in [7, 11) is 0. The van der Waals surface area contributed by atoms with Crippen molar-refractivity contribution in [3.05, 3.63) is 66.8 Å². The van der Waals surface area contributed by atoms with Crippen molar-refractivity contribution in [1.29, 1.82) is 0 Å². The summed E-state index contributed by atoms with van der Waals surface area (Å²) in [5.41, 5.74) is 7.29. The molecule has 0 aromatic heterocycles. The van der Waals surface area contributed by atoms with Crippen molar-refractivity contribution < 1.29 is 4.39 Å². The maximum absolute atomic E-state index is 13.9. The first kappa shape index (κ1) is 16.1. The number of hydrogen-bond acceptors (Lipinski definition) is 1. The molecule has 0 radical (unpaired) electrons. The SMILES string of the molecule is NC(Cc1ccc(Cl)c(Cl)c1)c1cc(Cl)c(Br)cc1F. The van der Waals surface area contributed by atoms with Crippen molar-refractivity contribution in [2.24, 2.45) is 5.73 Å². The molecule has 1 unspecified atom stereocenters. The van der Waals surface area contributed by atoms with Crippen LogP contribution in [-0.2, 0) is 6.42 Å². The van der Waals surface area contributed by atoms with Gasteiger partial charge < -0.3 is 5.73 Å². The Morgan fingerprint density at radius 1 is 1.05 bits per heavy atom. The molecule has 0 aliphatic heterocycles. The minimum absolute atomic E-state index is 0.365. The third-order valence-corrected chi connectivity index (χ3v) is 4.81. The molecule has 0 spiro atoms. The zero-order chi connectivity index (χ0) is 14.9. The fourth-order valence-corrected chi connectivity index (χ4v) is 2.66. The molecule has 0 saturated heterocycles. The van der Waals surface area contributed by atoms with Crippen molar-refractivity contribution in [1.82, 2.24) is 0 Å². The molecule has 20 heavy (non-hydrogen) atoms. The van der Waals surface area contributed by atoms with Crippen molar-refractivity contribution in [2.75, 3.05) is 0 Å².